The van der Waals surface area contributed by atoms with E-state index in [1.54, 1.807) is 6.07 Å². The number of halogens is 1. The molecule has 150 valence electrons. The lowest BCUT2D eigenvalue weighted by Gasteiger charge is -2.40. The van der Waals surface area contributed by atoms with Crippen LogP contribution in [0.1, 0.15) is 33.9 Å². The van der Waals surface area contributed by atoms with Crippen LogP contribution in [0.3, 0.4) is 0 Å². The molecule has 28 heavy (non-hydrogen) atoms. The van der Waals surface area contributed by atoms with Gasteiger partial charge in [-0.1, -0.05) is 29.8 Å². The van der Waals surface area contributed by atoms with Gasteiger partial charge in [-0.25, -0.2) is 0 Å². The number of ether oxygens (including phenoxy) is 1. The highest BCUT2D eigenvalue weighted by molar-refractivity contribution is 6.31. The van der Waals surface area contributed by atoms with Crippen LogP contribution in [0, 0.1) is 0 Å². The number of phenols is 1. The largest absolute Gasteiger partial charge is 0.508 e. The Morgan fingerprint density at radius 2 is 1.71 bits per heavy atom. The van der Waals surface area contributed by atoms with Gasteiger partial charge in [-0.05, 0) is 53.6 Å². The van der Waals surface area contributed by atoms with Crippen LogP contribution >= 0.6 is 11.6 Å². The first-order valence-corrected chi connectivity index (χ1v) is 9.69. The third-order valence-electron chi connectivity index (χ3n) is 5.72. The molecular formula is C21H23ClO6. The first-order chi connectivity index (χ1) is 13.4. The molecule has 0 spiro atoms. The second-order valence-corrected chi connectivity index (χ2v) is 7.94. The molecule has 1 fully saturated rings. The monoisotopic (exact) mass is 406 g/mol. The number of hydrogen-bond donors (Lipinski definition) is 5. The number of aliphatic hydroxyl groups excluding tert-OH is 4. The quantitative estimate of drug-likeness (QED) is 0.522. The smallest absolute Gasteiger partial charge is 0.122 e. The van der Waals surface area contributed by atoms with Crippen molar-refractivity contribution in [1.82, 2.24) is 0 Å². The van der Waals surface area contributed by atoms with Crippen LogP contribution < -0.4 is 0 Å². The predicted octanol–water partition coefficient (Wildman–Crippen LogP) is 1.25. The number of aryl methyl sites for hydroxylation is 2. The summed E-state index contributed by atoms with van der Waals surface area (Å²) in [5, 5.41) is 50.5. The average Bonchev–Trinajstić information content (AvgIpc) is 2.65. The molecule has 1 aliphatic carbocycles. The van der Waals surface area contributed by atoms with Crippen LogP contribution in [0.25, 0.3) is 0 Å². The minimum atomic E-state index is -1.51. The lowest BCUT2D eigenvalue weighted by atomic mass is 9.86. The Labute approximate surface area is 167 Å². The van der Waals surface area contributed by atoms with Gasteiger partial charge in [-0.3, -0.25) is 0 Å². The number of aromatic hydroxyl groups is 1. The Morgan fingerprint density at radius 1 is 0.964 bits per heavy atom. The molecule has 7 heteroatoms. The number of rotatable bonds is 4. The molecule has 0 unspecified atom stereocenters. The summed E-state index contributed by atoms with van der Waals surface area (Å²) in [6.07, 6.45) is -3.86. The van der Waals surface area contributed by atoms with E-state index in [0.29, 0.717) is 11.4 Å². The predicted molar refractivity (Wildman–Crippen MR) is 102 cm³/mol. The van der Waals surface area contributed by atoms with E-state index in [4.69, 9.17) is 16.3 Å². The molecule has 2 aliphatic rings. The van der Waals surface area contributed by atoms with Crippen molar-refractivity contribution in [2.24, 2.45) is 0 Å². The first-order valence-electron chi connectivity index (χ1n) is 9.31. The lowest BCUT2D eigenvalue weighted by molar-refractivity contribution is -0.232. The minimum Gasteiger partial charge on any atom is -0.508 e. The topological polar surface area (TPSA) is 110 Å². The maximum absolute atomic E-state index is 10.4. The number of phenolic OH excluding ortho intramolecular Hbond substituents is 1. The van der Waals surface area contributed by atoms with Crippen LogP contribution in [0.15, 0.2) is 30.3 Å². The summed E-state index contributed by atoms with van der Waals surface area (Å²) in [5.74, 6) is -0.185. The Bertz CT molecular complexity index is 883. The highest BCUT2D eigenvalue weighted by Crippen LogP contribution is 2.39. The number of fused-ring (bicyclic) bond motifs is 1. The van der Waals surface area contributed by atoms with Crippen LogP contribution in [0.4, 0.5) is 0 Å². The van der Waals surface area contributed by atoms with Crippen molar-refractivity contribution >= 4 is 11.6 Å². The van der Waals surface area contributed by atoms with Crippen molar-refractivity contribution in [3.05, 3.63) is 63.2 Å². The Morgan fingerprint density at radius 3 is 2.36 bits per heavy atom. The van der Waals surface area contributed by atoms with Crippen molar-refractivity contribution < 1.29 is 30.3 Å². The molecule has 6 nitrogen and oxygen atoms in total. The summed E-state index contributed by atoms with van der Waals surface area (Å²) in [6, 6.07) is 9.34. The molecule has 1 aliphatic heterocycles. The number of aliphatic hydroxyl groups is 4. The molecule has 0 amide bonds. The van der Waals surface area contributed by atoms with Crippen molar-refractivity contribution in [1.29, 1.82) is 0 Å². The van der Waals surface area contributed by atoms with Gasteiger partial charge in [0.05, 0.1) is 6.61 Å². The SMILES string of the molecule is OC[C@H]1O[C@@H](c2cc(Cc3ccc4c(c3)CC4)c(Cl)cc2O)[C@H](O)[C@@H](O)[C@@H]1O. The molecule has 0 aromatic heterocycles. The zero-order valence-corrected chi connectivity index (χ0v) is 15.9. The lowest BCUT2D eigenvalue weighted by Crippen LogP contribution is -2.55. The Hall–Kier alpha value is -1.67. The summed E-state index contributed by atoms with van der Waals surface area (Å²) in [6.45, 7) is -0.530. The van der Waals surface area contributed by atoms with Gasteiger partial charge >= 0.3 is 0 Å². The van der Waals surface area contributed by atoms with Crippen molar-refractivity contribution in [2.75, 3.05) is 6.61 Å². The third-order valence-corrected chi connectivity index (χ3v) is 6.08. The van der Waals surface area contributed by atoms with E-state index in [1.807, 2.05) is 0 Å². The summed E-state index contributed by atoms with van der Waals surface area (Å²) in [4.78, 5) is 0. The minimum absolute atomic E-state index is 0.185. The zero-order chi connectivity index (χ0) is 20.0. The van der Waals surface area contributed by atoms with Crippen LogP contribution in [-0.4, -0.2) is 56.6 Å². The van der Waals surface area contributed by atoms with E-state index in [0.717, 1.165) is 24.0 Å². The van der Waals surface area contributed by atoms with Gasteiger partial charge in [-0.15, -0.1) is 0 Å². The van der Waals surface area contributed by atoms with Crippen LogP contribution in [0.2, 0.25) is 5.02 Å². The van der Waals surface area contributed by atoms with Gasteiger partial charge in [0.1, 0.15) is 36.3 Å². The molecule has 1 heterocycles. The Kier molecular flexibility index (Phi) is 5.35. The van der Waals surface area contributed by atoms with Gasteiger partial charge in [0.15, 0.2) is 0 Å². The first kappa shape index (κ1) is 19.6. The standard InChI is InChI=1S/C21H23ClO6/c22-15-8-16(24)14(21-20(27)19(26)18(25)17(9-23)28-21)7-13(15)6-10-1-2-11-3-4-12(11)5-10/h1-2,5,7-8,17-21,23-27H,3-4,6,9H2/t17-,18-,19+,20-,21+/m1/s1. The van der Waals surface area contributed by atoms with Gasteiger partial charge in [0.25, 0.3) is 0 Å². The molecule has 5 atom stereocenters. The molecular weight excluding hydrogens is 384 g/mol. The third kappa shape index (κ3) is 3.41. The summed E-state index contributed by atoms with van der Waals surface area (Å²) in [7, 11) is 0. The maximum atomic E-state index is 10.4. The fourth-order valence-corrected chi connectivity index (χ4v) is 4.15. The number of hydrogen-bond acceptors (Lipinski definition) is 6. The van der Waals surface area contributed by atoms with Gasteiger partial charge in [-0.2, -0.15) is 0 Å². The van der Waals surface area contributed by atoms with E-state index in [1.165, 1.54) is 17.2 Å². The van der Waals surface area contributed by atoms with E-state index in [9.17, 15) is 25.5 Å². The molecule has 2 aromatic rings. The normalized spacial score (nSPS) is 29.2. The molecule has 0 radical (unpaired) electrons. The molecule has 5 N–H and O–H groups in total. The van der Waals surface area contributed by atoms with Gasteiger partial charge in [0.2, 0.25) is 0 Å². The van der Waals surface area contributed by atoms with Crippen LogP contribution in [0.5, 0.6) is 5.75 Å². The Balaban J connectivity index is 1.65. The van der Waals surface area contributed by atoms with E-state index < -0.39 is 37.1 Å². The average molecular weight is 407 g/mol. The van der Waals surface area contributed by atoms with Crippen molar-refractivity contribution in [3.63, 3.8) is 0 Å². The zero-order valence-electron chi connectivity index (χ0n) is 15.1. The van der Waals surface area contributed by atoms with E-state index >= 15 is 0 Å². The highest BCUT2D eigenvalue weighted by atomic mass is 35.5. The maximum Gasteiger partial charge on any atom is 0.122 e. The van der Waals surface area contributed by atoms with Crippen LogP contribution in [-0.2, 0) is 24.0 Å². The summed E-state index contributed by atoms with van der Waals surface area (Å²) < 4.78 is 5.57. The summed E-state index contributed by atoms with van der Waals surface area (Å²) in [5.41, 5.74) is 4.78. The van der Waals surface area contributed by atoms with Gasteiger partial charge in [0, 0.05) is 10.6 Å². The fraction of sp³-hybridized carbons (Fsp3) is 0.429. The molecule has 0 bridgehead atoms. The second kappa shape index (κ2) is 7.63. The van der Waals surface area contributed by atoms with Gasteiger partial charge < -0.3 is 30.3 Å². The van der Waals surface area contributed by atoms with Crippen molar-refractivity contribution in [2.45, 2.75) is 49.8 Å². The van der Waals surface area contributed by atoms with E-state index in [-0.39, 0.29) is 11.3 Å². The number of benzene rings is 2. The highest BCUT2D eigenvalue weighted by Gasteiger charge is 2.44. The molecule has 4 rings (SSSR count). The molecule has 2 aromatic carbocycles. The summed E-state index contributed by atoms with van der Waals surface area (Å²) >= 11 is 6.33. The fourth-order valence-electron chi connectivity index (χ4n) is 3.93. The van der Waals surface area contributed by atoms with E-state index in [2.05, 4.69) is 18.2 Å². The molecule has 1 saturated heterocycles. The second-order valence-electron chi connectivity index (χ2n) is 7.53. The molecule has 0 saturated carbocycles. The van der Waals surface area contributed by atoms with Crippen molar-refractivity contribution in [3.8, 4) is 5.75 Å².